The van der Waals surface area contributed by atoms with E-state index in [-0.39, 0.29) is 36.2 Å². The molecular formula is C16H28ClN3O3. The van der Waals surface area contributed by atoms with Gasteiger partial charge in [-0.25, -0.2) is 0 Å². The Morgan fingerprint density at radius 2 is 2.09 bits per heavy atom. The summed E-state index contributed by atoms with van der Waals surface area (Å²) >= 11 is 0. The van der Waals surface area contributed by atoms with E-state index in [0.29, 0.717) is 25.5 Å². The number of nitrogens with zero attached hydrogens (tertiary/aromatic N) is 1. The van der Waals surface area contributed by atoms with Gasteiger partial charge in [0.1, 0.15) is 0 Å². The van der Waals surface area contributed by atoms with Crippen molar-refractivity contribution in [2.45, 2.75) is 38.1 Å². The van der Waals surface area contributed by atoms with Crippen LogP contribution >= 0.6 is 12.4 Å². The fraction of sp³-hybridized carbons (Fsp3) is 0.875. The van der Waals surface area contributed by atoms with Gasteiger partial charge >= 0.3 is 0 Å². The Morgan fingerprint density at radius 1 is 1.26 bits per heavy atom. The molecule has 0 aromatic rings. The lowest BCUT2D eigenvalue weighted by Gasteiger charge is -2.33. The maximum atomic E-state index is 12.4. The second kappa shape index (κ2) is 8.85. The predicted octanol–water partition coefficient (Wildman–Crippen LogP) is 0.552. The number of halogens is 1. The van der Waals surface area contributed by atoms with Gasteiger partial charge < -0.3 is 20.3 Å². The summed E-state index contributed by atoms with van der Waals surface area (Å²) in [5.41, 5.74) is 0. The van der Waals surface area contributed by atoms with Gasteiger partial charge in [0.15, 0.2) is 0 Å². The highest BCUT2D eigenvalue weighted by Gasteiger charge is 2.30. The van der Waals surface area contributed by atoms with Crippen LogP contribution in [0.2, 0.25) is 0 Å². The number of nitrogens with one attached hydrogen (secondary N) is 2. The normalized spacial score (nSPS) is 27.9. The number of ether oxygens (including phenoxy) is 1. The molecule has 3 aliphatic rings. The molecule has 0 aromatic heterocycles. The average Bonchev–Trinajstić information content (AvgIpc) is 3.38. The van der Waals surface area contributed by atoms with E-state index in [1.807, 2.05) is 4.90 Å². The Balaban J connectivity index is 0.00000192. The number of hydrogen-bond acceptors (Lipinski definition) is 4. The molecule has 2 N–H and O–H groups in total. The molecule has 0 spiro atoms. The van der Waals surface area contributed by atoms with E-state index in [2.05, 4.69) is 10.6 Å². The molecule has 2 atom stereocenters. The van der Waals surface area contributed by atoms with E-state index in [1.54, 1.807) is 0 Å². The third-order valence-electron chi connectivity index (χ3n) is 4.83. The van der Waals surface area contributed by atoms with Crippen LogP contribution in [-0.4, -0.2) is 62.1 Å². The summed E-state index contributed by atoms with van der Waals surface area (Å²) < 4.78 is 5.39. The molecule has 23 heavy (non-hydrogen) atoms. The van der Waals surface area contributed by atoms with Gasteiger partial charge in [0.2, 0.25) is 11.8 Å². The Morgan fingerprint density at radius 3 is 2.78 bits per heavy atom. The topological polar surface area (TPSA) is 70.7 Å². The van der Waals surface area contributed by atoms with Crippen LogP contribution in [-0.2, 0) is 14.3 Å². The van der Waals surface area contributed by atoms with Crippen molar-refractivity contribution in [3.63, 3.8) is 0 Å². The standard InChI is InChI=1S/C16H27N3O3.ClH/c20-15(8-14-11-22-7-5-17-14)19-6-1-2-13(10-19)16(21)18-9-12-3-4-12;/h12-14,17H,1-11H2,(H,18,21);1H. The number of piperidine rings is 1. The molecule has 6 nitrogen and oxygen atoms in total. The van der Waals surface area contributed by atoms with Crippen LogP contribution in [0.15, 0.2) is 0 Å². The fourth-order valence-corrected chi connectivity index (χ4v) is 3.22. The third-order valence-corrected chi connectivity index (χ3v) is 4.83. The van der Waals surface area contributed by atoms with E-state index in [0.717, 1.165) is 39.1 Å². The van der Waals surface area contributed by atoms with Crippen molar-refractivity contribution in [3.05, 3.63) is 0 Å². The third kappa shape index (κ3) is 5.62. The fourth-order valence-electron chi connectivity index (χ4n) is 3.22. The Labute approximate surface area is 144 Å². The average molecular weight is 346 g/mol. The van der Waals surface area contributed by atoms with E-state index >= 15 is 0 Å². The minimum Gasteiger partial charge on any atom is -0.378 e. The number of carbonyl (C=O) groups excluding carboxylic acids is 2. The van der Waals surface area contributed by atoms with Crippen LogP contribution in [0.1, 0.15) is 32.1 Å². The summed E-state index contributed by atoms with van der Waals surface area (Å²) in [6, 6.07) is 0.116. The molecule has 2 saturated heterocycles. The highest BCUT2D eigenvalue weighted by Crippen LogP contribution is 2.28. The minimum absolute atomic E-state index is 0. The van der Waals surface area contributed by atoms with Gasteiger partial charge in [-0.3, -0.25) is 9.59 Å². The number of morpholine rings is 1. The van der Waals surface area contributed by atoms with Crippen molar-refractivity contribution in [2.24, 2.45) is 11.8 Å². The maximum Gasteiger partial charge on any atom is 0.224 e. The zero-order valence-corrected chi connectivity index (χ0v) is 14.4. The summed E-state index contributed by atoms with van der Waals surface area (Å²) in [6.45, 7) is 4.29. The van der Waals surface area contributed by atoms with Gasteiger partial charge in [-0.15, -0.1) is 12.4 Å². The molecule has 1 aliphatic carbocycles. The number of hydrogen-bond donors (Lipinski definition) is 2. The molecule has 2 unspecified atom stereocenters. The molecule has 3 rings (SSSR count). The highest BCUT2D eigenvalue weighted by molar-refractivity contribution is 5.85. The van der Waals surface area contributed by atoms with Crippen molar-refractivity contribution in [1.82, 2.24) is 15.5 Å². The zero-order chi connectivity index (χ0) is 15.4. The van der Waals surface area contributed by atoms with Crippen LogP contribution in [0.5, 0.6) is 0 Å². The second-order valence-corrected chi connectivity index (χ2v) is 6.80. The van der Waals surface area contributed by atoms with E-state index in [1.165, 1.54) is 12.8 Å². The van der Waals surface area contributed by atoms with Crippen LogP contribution in [0.3, 0.4) is 0 Å². The highest BCUT2D eigenvalue weighted by atomic mass is 35.5. The SMILES string of the molecule is Cl.O=C(NCC1CC1)C1CCCN(C(=O)CC2COCCN2)C1. The summed E-state index contributed by atoms with van der Waals surface area (Å²) in [4.78, 5) is 26.5. The van der Waals surface area contributed by atoms with E-state index < -0.39 is 0 Å². The van der Waals surface area contributed by atoms with E-state index in [9.17, 15) is 9.59 Å². The second-order valence-electron chi connectivity index (χ2n) is 6.80. The summed E-state index contributed by atoms with van der Waals surface area (Å²) in [5, 5.41) is 6.36. The molecule has 3 fully saturated rings. The number of rotatable bonds is 5. The van der Waals surface area contributed by atoms with Crippen molar-refractivity contribution < 1.29 is 14.3 Å². The Bertz CT molecular complexity index is 411. The van der Waals surface area contributed by atoms with Crippen LogP contribution in [0, 0.1) is 11.8 Å². The van der Waals surface area contributed by atoms with Gasteiger partial charge in [-0.1, -0.05) is 0 Å². The molecule has 0 bridgehead atoms. The molecular weight excluding hydrogens is 318 g/mol. The first-order valence-corrected chi connectivity index (χ1v) is 8.59. The molecule has 2 amide bonds. The molecule has 0 radical (unpaired) electrons. The number of amides is 2. The van der Waals surface area contributed by atoms with Crippen LogP contribution < -0.4 is 10.6 Å². The van der Waals surface area contributed by atoms with Crippen molar-refractivity contribution in [3.8, 4) is 0 Å². The first-order valence-electron chi connectivity index (χ1n) is 8.59. The molecule has 2 heterocycles. The molecule has 1 saturated carbocycles. The van der Waals surface area contributed by atoms with Crippen molar-refractivity contribution in [2.75, 3.05) is 39.4 Å². The lowest BCUT2D eigenvalue weighted by atomic mass is 9.96. The lowest BCUT2D eigenvalue weighted by Crippen LogP contribution is -2.49. The summed E-state index contributed by atoms with van der Waals surface area (Å²) in [7, 11) is 0. The van der Waals surface area contributed by atoms with Crippen molar-refractivity contribution in [1.29, 1.82) is 0 Å². The minimum atomic E-state index is -0.0352. The van der Waals surface area contributed by atoms with Gasteiger partial charge in [0.25, 0.3) is 0 Å². The molecule has 132 valence electrons. The maximum absolute atomic E-state index is 12.4. The Hall–Kier alpha value is -0.850. The lowest BCUT2D eigenvalue weighted by molar-refractivity contribution is -0.136. The van der Waals surface area contributed by atoms with Crippen molar-refractivity contribution >= 4 is 24.2 Å². The van der Waals surface area contributed by atoms with Gasteiger partial charge in [-0.2, -0.15) is 0 Å². The molecule has 7 heteroatoms. The quantitative estimate of drug-likeness (QED) is 0.763. The molecule has 2 aliphatic heterocycles. The number of carbonyl (C=O) groups is 2. The van der Waals surface area contributed by atoms with E-state index in [4.69, 9.17) is 4.74 Å². The summed E-state index contributed by atoms with van der Waals surface area (Å²) in [5.74, 6) is 0.931. The number of likely N-dealkylation sites (tertiary alicyclic amines) is 1. The largest absolute Gasteiger partial charge is 0.378 e. The molecule has 0 aromatic carbocycles. The van der Waals surface area contributed by atoms with Crippen LogP contribution in [0.4, 0.5) is 0 Å². The summed E-state index contributed by atoms with van der Waals surface area (Å²) in [6.07, 6.45) is 4.77. The predicted molar refractivity (Wildman–Crippen MR) is 89.5 cm³/mol. The van der Waals surface area contributed by atoms with Gasteiger partial charge in [-0.05, 0) is 31.6 Å². The monoisotopic (exact) mass is 345 g/mol. The first kappa shape index (κ1) is 18.5. The van der Waals surface area contributed by atoms with Gasteiger partial charge in [0.05, 0.1) is 19.1 Å². The smallest absolute Gasteiger partial charge is 0.224 e. The van der Waals surface area contributed by atoms with Crippen LogP contribution in [0.25, 0.3) is 0 Å². The first-order chi connectivity index (χ1) is 10.7. The Kier molecular flexibility index (Phi) is 7.11. The zero-order valence-electron chi connectivity index (χ0n) is 13.6. The van der Waals surface area contributed by atoms with Gasteiger partial charge in [0, 0.05) is 38.6 Å².